The van der Waals surface area contributed by atoms with Gasteiger partial charge in [-0.2, -0.15) is 0 Å². The molecule has 0 radical (unpaired) electrons. The summed E-state index contributed by atoms with van der Waals surface area (Å²) in [6.07, 6.45) is 0. The summed E-state index contributed by atoms with van der Waals surface area (Å²) in [5.41, 5.74) is 2.43. The molecule has 0 saturated heterocycles. The summed E-state index contributed by atoms with van der Waals surface area (Å²) in [6, 6.07) is 8.41. The molecule has 0 aliphatic carbocycles. The lowest BCUT2D eigenvalue weighted by Crippen LogP contribution is -1.98. The fourth-order valence-electron chi connectivity index (χ4n) is 1.81. The van der Waals surface area contributed by atoms with Gasteiger partial charge in [-0.05, 0) is 48.2 Å². The lowest BCUT2D eigenvalue weighted by atomic mass is 10.1. The molecule has 0 amide bonds. The molecule has 0 saturated carbocycles. The molecule has 1 aromatic carbocycles. The maximum Gasteiger partial charge on any atom is 0.219 e. The largest absolute Gasteiger partial charge is 0.439 e. The van der Waals surface area contributed by atoms with E-state index in [0.717, 1.165) is 11.3 Å². The van der Waals surface area contributed by atoms with Crippen LogP contribution in [0.25, 0.3) is 0 Å². The fourth-order valence-corrected chi connectivity index (χ4v) is 1.96. The number of hydrogen-bond donors (Lipinski definition) is 0. The van der Waals surface area contributed by atoms with E-state index in [1.165, 1.54) is 6.07 Å². The quantitative estimate of drug-likeness (QED) is 0.724. The first-order chi connectivity index (χ1) is 9.49. The molecule has 0 atom stereocenters. The van der Waals surface area contributed by atoms with Crippen LogP contribution in [0.1, 0.15) is 36.6 Å². The van der Waals surface area contributed by atoms with Gasteiger partial charge in [-0.1, -0.05) is 13.8 Å². The van der Waals surface area contributed by atoms with Crippen molar-refractivity contribution in [3.05, 3.63) is 53.0 Å². The Labute approximate surface area is 123 Å². The van der Waals surface area contributed by atoms with Crippen molar-refractivity contribution in [3.63, 3.8) is 0 Å². The first kappa shape index (κ1) is 14.8. The third kappa shape index (κ3) is 3.48. The molecule has 1 aromatic heterocycles. The lowest BCUT2D eigenvalue weighted by Gasteiger charge is -2.11. The predicted molar refractivity (Wildman–Crippen MR) is 79.1 cm³/mol. The first-order valence-corrected chi connectivity index (χ1v) is 7.04. The van der Waals surface area contributed by atoms with Gasteiger partial charge in [0.25, 0.3) is 0 Å². The third-order valence-corrected chi connectivity index (χ3v) is 3.29. The topological polar surface area (TPSA) is 22.1 Å². The number of rotatable bonds is 4. The summed E-state index contributed by atoms with van der Waals surface area (Å²) in [7, 11) is 0. The number of benzene rings is 1. The smallest absolute Gasteiger partial charge is 0.219 e. The van der Waals surface area contributed by atoms with E-state index >= 15 is 0 Å². The van der Waals surface area contributed by atoms with E-state index in [1.54, 1.807) is 25.1 Å². The van der Waals surface area contributed by atoms with E-state index in [4.69, 9.17) is 16.3 Å². The van der Waals surface area contributed by atoms with Crippen molar-refractivity contribution in [1.29, 1.82) is 0 Å². The van der Waals surface area contributed by atoms with E-state index in [1.807, 2.05) is 6.07 Å². The van der Waals surface area contributed by atoms with Crippen LogP contribution in [-0.2, 0) is 5.88 Å². The number of aromatic nitrogens is 1. The Balaban J connectivity index is 2.32. The molecule has 1 heterocycles. The van der Waals surface area contributed by atoms with Crippen LogP contribution < -0.4 is 4.74 Å². The number of nitrogens with zero attached hydrogens (tertiary/aromatic N) is 1. The Bertz CT molecular complexity index is 613. The van der Waals surface area contributed by atoms with Gasteiger partial charge in [-0.15, -0.1) is 11.6 Å². The van der Waals surface area contributed by atoms with Gasteiger partial charge in [0.15, 0.2) is 0 Å². The van der Waals surface area contributed by atoms with E-state index in [0.29, 0.717) is 23.1 Å². The van der Waals surface area contributed by atoms with Crippen molar-refractivity contribution >= 4 is 11.6 Å². The van der Waals surface area contributed by atoms with Gasteiger partial charge >= 0.3 is 0 Å². The van der Waals surface area contributed by atoms with E-state index < -0.39 is 0 Å². The minimum atomic E-state index is -0.248. The Morgan fingerprint density at radius 3 is 2.60 bits per heavy atom. The first-order valence-electron chi connectivity index (χ1n) is 6.50. The van der Waals surface area contributed by atoms with Gasteiger partial charge in [0.2, 0.25) is 5.88 Å². The van der Waals surface area contributed by atoms with Crippen molar-refractivity contribution in [3.8, 4) is 11.6 Å². The molecule has 0 spiro atoms. The summed E-state index contributed by atoms with van der Waals surface area (Å²) in [5.74, 6) is 1.50. The molecule has 0 bridgehead atoms. The standard InChI is InChI=1S/C16H17ClFNO/c1-10(2)15-7-12(9-17)8-16(19-15)20-13-4-5-14(18)11(3)6-13/h4-8,10H,9H2,1-3H3. The number of halogens is 2. The van der Waals surface area contributed by atoms with Gasteiger partial charge in [-0.25, -0.2) is 9.37 Å². The van der Waals surface area contributed by atoms with Crippen molar-refractivity contribution in [2.75, 3.05) is 0 Å². The van der Waals surface area contributed by atoms with Gasteiger partial charge < -0.3 is 4.74 Å². The Morgan fingerprint density at radius 1 is 1.25 bits per heavy atom. The molecule has 0 aliphatic heterocycles. The number of hydrogen-bond acceptors (Lipinski definition) is 2. The van der Waals surface area contributed by atoms with Crippen molar-refractivity contribution in [2.24, 2.45) is 0 Å². The average Bonchev–Trinajstić information content (AvgIpc) is 2.42. The minimum absolute atomic E-state index is 0.248. The zero-order chi connectivity index (χ0) is 14.7. The van der Waals surface area contributed by atoms with Crippen LogP contribution in [0.3, 0.4) is 0 Å². The zero-order valence-electron chi connectivity index (χ0n) is 11.8. The van der Waals surface area contributed by atoms with Crippen LogP contribution in [0.5, 0.6) is 11.6 Å². The van der Waals surface area contributed by atoms with Crippen molar-refractivity contribution < 1.29 is 9.13 Å². The SMILES string of the molecule is Cc1cc(Oc2cc(CCl)cc(C(C)C)n2)ccc1F. The van der Waals surface area contributed by atoms with Crippen molar-refractivity contribution in [2.45, 2.75) is 32.6 Å². The van der Waals surface area contributed by atoms with Gasteiger partial charge in [0, 0.05) is 17.6 Å². The molecule has 2 aromatic rings. The van der Waals surface area contributed by atoms with Crippen LogP contribution in [-0.4, -0.2) is 4.98 Å². The number of alkyl halides is 1. The highest BCUT2D eigenvalue weighted by molar-refractivity contribution is 6.17. The summed E-state index contributed by atoms with van der Waals surface area (Å²) in [4.78, 5) is 4.45. The summed E-state index contributed by atoms with van der Waals surface area (Å²) < 4.78 is 18.9. The second-order valence-electron chi connectivity index (χ2n) is 5.04. The molecule has 4 heteroatoms. The normalized spacial score (nSPS) is 10.9. The maximum absolute atomic E-state index is 13.2. The van der Waals surface area contributed by atoms with E-state index in [-0.39, 0.29) is 11.7 Å². The van der Waals surface area contributed by atoms with Crippen LogP contribution in [0.15, 0.2) is 30.3 Å². The summed E-state index contributed by atoms with van der Waals surface area (Å²) >= 11 is 5.89. The molecule has 106 valence electrons. The highest BCUT2D eigenvalue weighted by Crippen LogP contribution is 2.25. The maximum atomic E-state index is 13.2. The van der Waals surface area contributed by atoms with Crippen LogP contribution >= 0.6 is 11.6 Å². The van der Waals surface area contributed by atoms with Gasteiger partial charge in [-0.3, -0.25) is 0 Å². The third-order valence-electron chi connectivity index (χ3n) is 2.98. The zero-order valence-corrected chi connectivity index (χ0v) is 12.5. The predicted octanol–water partition coefficient (Wildman–Crippen LogP) is 5.18. The molecule has 2 nitrogen and oxygen atoms in total. The Morgan fingerprint density at radius 2 is 2.00 bits per heavy atom. The highest BCUT2D eigenvalue weighted by Gasteiger charge is 2.08. The number of ether oxygens (including phenoxy) is 1. The molecule has 0 aliphatic rings. The van der Waals surface area contributed by atoms with E-state index in [9.17, 15) is 4.39 Å². The van der Waals surface area contributed by atoms with Gasteiger partial charge in [0.05, 0.1) is 0 Å². The Hall–Kier alpha value is -1.61. The summed E-state index contributed by atoms with van der Waals surface area (Å²) in [6.45, 7) is 5.82. The minimum Gasteiger partial charge on any atom is -0.439 e. The lowest BCUT2D eigenvalue weighted by molar-refractivity contribution is 0.456. The van der Waals surface area contributed by atoms with Crippen molar-refractivity contribution in [1.82, 2.24) is 4.98 Å². The van der Waals surface area contributed by atoms with Crippen LogP contribution in [0.4, 0.5) is 4.39 Å². The number of aryl methyl sites for hydroxylation is 1. The molecular formula is C16H17ClFNO. The second kappa shape index (κ2) is 6.23. The monoisotopic (exact) mass is 293 g/mol. The average molecular weight is 294 g/mol. The summed E-state index contributed by atoms with van der Waals surface area (Å²) in [5, 5.41) is 0. The Kier molecular flexibility index (Phi) is 4.61. The molecule has 2 rings (SSSR count). The second-order valence-corrected chi connectivity index (χ2v) is 5.31. The molecular weight excluding hydrogens is 277 g/mol. The van der Waals surface area contributed by atoms with Crippen LogP contribution in [0, 0.1) is 12.7 Å². The van der Waals surface area contributed by atoms with Crippen LogP contribution in [0.2, 0.25) is 0 Å². The molecule has 0 unspecified atom stereocenters. The van der Waals surface area contributed by atoms with E-state index in [2.05, 4.69) is 18.8 Å². The molecule has 0 fully saturated rings. The number of pyridine rings is 1. The fraction of sp³-hybridized carbons (Fsp3) is 0.312. The highest BCUT2D eigenvalue weighted by atomic mass is 35.5. The molecule has 20 heavy (non-hydrogen) atoms. The van der Waals surface area contributed by atoms with Gasteiger partial charge in [0.1, 0.15) is 11.6 Å². The molecule has 0 N–H and O–H groups in total.